The number of alkyl halides is 1. The SMILES string of the molecule is C=C1C=C(c2ccccc2Cl)Oc2c1c(C)cc(O)c2C(CC[NH3+])C(C)O.CCl. The summed E-state index contributed by atoms with van der Waals surface area (Å²) in [7, 11) is 0. The first-order valence-electron chi connectivity index (χ1n) is 9.40. The fourth-order valence-corrected chi connectivity index (χ4v) is 3.89. The Morgan fingerprint density at radius 2 is 1.90 bits per heavy atom. The van der Waals surface area contributed by atoms with Gasteiger partial charge in [0, 0.05) is 35.4 Å². The van der Waals surface area contributed by atoms with Crippen molar-refractivity contribution < 1.29 is 20.7 Å². The number of fused-ring (bicyclic) bond motifs is 1. The molecule has 2 atom stereocenters. The lowest BCUT2D eigenvalue weighted by atomic mass is 9.84. The summed E-state index contributed by atoms with van der Waals surface area (Å²) in [4.78, 5) is 0. The van der Waals surface area contributed by atoms with E-state index in [4.69, 9.17) is 16.3 Å². The Bertz CT molecular complexity index is 923. The average Bonchev–Trinajstić information content (AvgIpc) is 2.68. The summed E-state index contributed by atoms with van der Waals surface area (Å²) in [6.45, 7) is 8.44. The van der Waals surface area contributed by atoms with Gasteiger partial charge in [0.2, 0.25) is 0 Å². The van der Waals surface area contributed by atoms with Gasteiger partial charge in [0.1, 0.15) is 17.3 Å². The molecule has 0 saturated heterocycles. The highest BCUT2D eigenvalue weighted by molar-refractivity contribution is 6.32. The van der Waals surface area contributed by atoms with Crippen LogP contribution in [0.2, 0.25) is 5.02 Å². The lowest BCUT2D eigenvalue weighted by Gasteiger charge is -2.29. The number of aryl methyl sites for hydroxylation is 1. The van der Waals surface area contributed by atoms with Gasteiger partial charge in [0.25, 0.3) is 0 Å². The van der Waals surface area contributed by atoms with E-state index >= 15 is 0 Å². The molecule has 0 fully saturated rings. The molecule has 0 aliphatic carbocycles. The molecule has 2 aromatic rings. The molecule has 1 aliphatic heterocycles. The number of aliphatic hydroxyl groups is 1. The van der Waals surface area contributed by atoms with Gasteiger partial charge >= 0.3 is 0 Å². The normalized spacial score (nSPS) is 14.7. The molecule has 2 aromatic carbocycles. The molecule has 1 heterocycles. The first kappa shape index (κ1) is 23.3. The number of phenols is 1. The number of rotatable bonds is 5. The Hall–Kier alpha value is -1.98. The Kier molecular flexibility index (Phi) is 8.17. The van der Waals surface area contributed by atoms with Crippen LogP contribution in [0.25, 0.3) is 11.3 Å². The van der Waals surface area contributed by atoms with Gasteiger partial charge in [0.15, 0.2) is 0 Å². The number of hydrogen-bond acceptors (Lipinski definition) is 3. The minimum absolute atomic E-state index is 0.110. The lowest BCUT2D eigenvalue weighted by Crippen LogP contribution is -2.51. The van der Waals surface area contributed by atoms with Gasteiger partial charge in [-0.3, -0.25) is 0 Å². The zero-order valence-electron chi connectivity index (χ0n) is 17.0. The van der Waals surface area contributed by atoms with Crippen LogP contribution in [0.4, 0.5) is 0 Å². The molecular formula is C23H28Cl2NO3+. The molecule has 0 bridgehead atoms. The van der Waals surface area contributed by atoms with Crippen LogP contribution >= 0.6 is 23.2 Å². The van der Waals surface area contributed by atoms with E-state index < -0.39 is 6.10 Å². The fourth-order valence-electron chi connectivity index (χ4n) is 3.66. The van der Waals surface area contributed by atoms with Crippen LogP contribution in [-0.2, 0) is 0 Å². The smallest absolute Gasteiger partial charge is 0.142 e. The Balaban J connectivity index is 0.00000145. The van der Waals surface area contributed by atoms with Gasteiger partial charge in [-0.15, -0.1) is 11.6 Å². The van der Waals surface area contributed by atoms with Gasteiger partial charge < -0.3 is 20.7 Å². The van der Waals surface area contributed by atoms with E-state index in [1.54, 1.807) is 19.1 Å². The zero-order chi connectivity index (χ0) is 21.7. The maximum atomic E-state index is 10.7. The van der Waals surface area contributed by atoms with E-state index in [1.165, 1.54) is 6.38 Å². The van der Waals surface area contributed by atoms with E-state index in [0.717, 1.165) is 22.3 Å². The summed E-state index contributed by atoms with van der Waals surface area (Å²) in [6, 6.07) is 9.13. The van der Waals surface area contributed by atoms with Crippen molar-refractivity contribution in [3.63, 3.8) is 0 Å². The Morgan fingerprint density at radius 1 is 1.24 bits per heavy atom. The van der Waals surface area contributed by atoms with Crippen molar-refractivity contribution >= 4 is 34.5 Å². The molecule has 0 amide bonds. The van der Waals surface area contributed by atoms with Crippen LogP contribution < -0.4 is 10.5 Å². The van der Waals surface area contributed by atoms with Crippen molar-refractivity contribution in [2.24, 2.45) is 0 Å². The minimum atomic E-state index is -0.656. The second kappa shape index (κ2) is 10.2. The number of benzene rings is 2. The van der Waals surface area contributed by atoms with Crippen LogP contribution in [0.1, 0.15) is 41.5 Å². The molecule has 0 radical (unpaired) electrons. The predicted molar refractivity (Wildman–Crippen MR) is 121 cm³/mol. The highest BCUT2D eigenvalue weighted by Crippen LogP contribution is 2.48. The largest absolute Gasteiger partial charge is 0.508 e. The van der Waals surface area contributed by atoms with E-state index in [1.807, 2.05) is 31.2 Å². The van der Waals surface area contributed by atoms with Gasteiger partial charge in [0.05, 0.1) is 17.7 Å². The molecule has 5 N–H and O–H groups in total. The van der Waals surface area contributed by atoms with Gasteiger partial charge in [-0.2, -0.15) is 0 Å². The summed E-state index contributed by atoms with van der Waals surface area (Å²) in [5, 5.41) is 21.6. The number of aliphatic hydroxyl groups excluding tert-OH is 1. The van der Waals surface area contributed by atoms with Crippen molar-refractivity contribution in [2.75, 3.05) is 12.9 Å². The topological polar surface area (TPSA) is 77.3 Å². The number of phenolic OH excluding ortho intramolecular Hbond substituents is 1. The Labute approximate surface area is 182 Å². The van der Waals surface area contributed by atoms with Gasteiger partial charge in [-0.25, -0.2) is 0 Å². The summed E-state index contributed by atoms with van der Waals surface area (Å²) in [5.41, 5.74) is 7.73. The van der Waals surface area contributed by atoms with Crippen molar-refractivity contribution in [2.45, 2.75) is 32.3 Å². The molecule has 2 unspecified atom stereocenters. The quantitative estimate of drug-likeness (QED) is 0.591. The first-order valence-corrected chi connectivity index (χ1v) is 10.5. The summed E-state index contributed by atoms with van der Waals surface area (Å²) in [6.07, 6.45) is 3.30. The molecular weight excluding hydrogens is 409 g/mol. The van der Waals surface area contributed by atoms with E-state index in [0.29, 0.717) is 35.1 Å². The number of aromatic hydroxyl groups is 1. The number of allylic oxidation sites excluding steroid dienone is 2. The molecule has 0 spiro atoms. The van der Waals surface area contributed by atoms with Crippen molar-refractivity contribution in [3.05, 3.63) is 70.3 Å². The fraction of sp³-hybridized carbons (Fsp3) is 0.304. The third-order valence-corrected chi connectivity index (χ3v) is 5.27. The van der Waals surface area contributed by atoms with E-state index in [-0.39, 0.29) is 11.7 Å². The van der Waals surface area contributed by atoms with E-state index in [9.17, 15) is 10.2 Å². The van der Waals surface area contributed by atoms with Crippen LogP contribution in [0.3, 0.4) is 0 Å². The highest BCUT2D eigenvalue weighted by Gasteiger charge is 2.31. The lowest BCUT2D eigenvalue weighted by molar-refractivity contribution is -0.369. The third-order valence-electron chi connectivity index (χ3n) is 4.94. The maximum absolute atomic E-state index is 10.7. The summed E-state index contributed by atoms with van der Waals surface area (Å²) < 4.78 is 6.26. The number of quaternary nitrogens is 1. The highest BCUT2D eigenvalue weighted by atomic mass is 35.5. The van der Waals surface area contributed by atoms with E-state index in [2.05, 4.69) is 23.9 Å². The van der Waals surface area contributed by atoms with Crippen molar-refractivity contribution in [3.8, 4) is 11.5 Å². The number of ether oxygens (including phenoxy) is 1. The maximum Gasteiger partial charge on any atom is 0.142 e. The van der Waals surface area contributed by atoms with Crippen LogP contribution in [0.15, 0.2) is 43.0 Å². The molecule has 0 aromatic heterocycles. The number of hydrogen-bond donors (Lipinski definition) is 3. The van der Waals surface area contributed by atoms with Crippen molar-refractivity contribution in [1.29, 1.82) is 0 Å². The molecule has 6 heteroatoms. The van der Waals surface area contributed by atoms with Crippen LogP contribution in [0.5, 0.6) is 11.5 Å². The summed E-state index contributed by atoms with van der Waals surface area (Å²) >= 11 is 11.0. The molecule has 1 aliphatic rings. The molecule has 4 nitrogen and oxygen atoms in total. The first-order chi connectivity index (χ1) is 13.8. The third kappa shape index (κ3) is 4.78. The van der Waals surface area contributed by atoms with Gasteiger partial charge in [-0.1, -0.05) is 30.3 Å². The number of halogens is 2. The molecule has 29 heavy (non-hydrogen) atoms. The second-order valence-corrected chi connectivity index (χ2v) is 7.34. The predicted octanol–water partition coefficient (Wildman–Crippen LogP) is 4.75. The average molecular weight is 437 g/mol. The minimum Gasteiger partial charge on any atom is -0.508 e. The monoisotopic (exact) mass is 436 g/mol. The molecule has 156 valence electrons. The van der Waals surface area contributed by atoms with Crippen molar-refractivity contribution in [1.82, 2.24) is 0 Å². The standard InChI is InChI=1S/C22H24ClNO3.CH3Cl/c1-12-10-18(26)21(15(8-9-24)14(3)25)22-20(12)13(2)11-19(27-22)16-6-4-5-7-17(16)23;1-2/h4-7,10-11,14-15,25-26H,2,8-9,24H2,1,3H3;1H3/p+1. The zero-order valence-corrected chi connectivity index (χ0v) is 18.5. The molecule has 3 rings (SSSR count). The molecule has 0 saturated carbocycles. The Morgan fingerprint density at radius 3 is 2.48 bits per heavy atom. The van der Waals surface area contributed by atoms with Crippen LogP contribution in [-0.4, -0.2) is 29.2 Å². The van der Waals surface area contributed by atoms with Crippen LogP contribution in [0, 0.1) is 6.92 Å². The van der Waals surface area contributed by atoms with Gasteiger partial charge in [-0.05, 0) is 49.3 Å². The second-order valence-electron chi connectivity index (χ2n) is 6.94. The summed E-state index contributed by atoms with van der Waals surface area (Å²) in [5.74, 6) is 0.923.